The summed E-state index contributed by atoms with van der Waals surface area (Å²) in [7, 11) is -2.20. The largest absolute Gasteiger partial charge is 0.295 e. The first-order valence-electron chi connectivity index (χ1n) is 9.39. The second-order valence-corrected chi connectivity index (χ2v) is 11.3. The minimum atomic E-state index is -2.20. The summed E-state index contributed by atoms with van der Waals surface area (Å²) in [6, 6.07) is 30.8. The lowest BCUT2D eigenvalue weighted by atomic mass is 10.3. The predicted molar refractivity (Wildman–Crippen MR) is 123 cm³/mol. The van der Waals surface area contributed by atoms with Crippen LogP contribution < -0.4 is 15.9 Å². The van der Waals surface area contributed by atoms with Gasteiger partial charge in [-0.3, -0.25) is 9.59 Å². The van der Waals surface area contributed by atoms with Crippen LogP contribution in [0, 0.1) is 0 Å². The molecule has 4 heteroatoms. The topological polar surface area (TPSA) is 34.1 Å². The first-order chi connectivity index (χ1) is 13.7. The Labute approximate surface area is 171 Å². The number of hydrogen-bond acceptors (Lipinski definition) is 3. The smallest absolute Gasteiger partial charge is 0.196 e. The van der Waals surface area contributed by atoms with Crippen molar-refractivity contribution in [3.05, 3.63) is 91.0 Å². The molecule has 0 N–H and O–H groups in total. The van der Waals surface area contributed by atoms with E-state index in [-0.39, 0.29) is 17.3 Å². The van der Waals surface area contributed by atoms with Crippen molar-refractivity contribution in [2.24, 2.45) is 0 Å². The number of hydrogen-bond donors (Lipinski definition) is 0. The van der Waals surface area contributed by atoms with Gasteiger partial charge in [0.1, 0.15) is 29.3 Å². The summed E-state index contributed by atoms with van der Waals surface area (Å²) in [5.74, 6) is 0.707. The van der Waals surface area contributed by atoms with Gasteiger partial charge in [0.05, 0.1) is 6.42 Å². The highest BCUT2D eigenvalue weighted by Crippen LogP contribution is 2.55. The van der Waals surface area contributed by atoms with Gasteiger partial charge in [0.25, 0.3) is 0 Å². The Hall–Kier alpha value is -2.22. The fourth-order valence-electron chi connectivity index (χ4n) is 3.46. The van der Waals surface area contributed by atoms with E-state index >= 15 is 0 Å². The highest BCUT2D eigenvalue weighted by atomic mass is 32.2. The number of ketones is 1. The molecule has 0 bridgehead atoms. The lowest BCUT2D eigenvalue weighted by Gasteiger charge is -2.27. The molecule has 0 heterocycles. The van der Waals surface area contributed by atoms with Crippen LogP contribution in [0.1, 0.15) is 13.3 Å². The summed E-state index contributed by atoms with van der Waals surface area (Å²) < 4.78 is 0. The van der Waals surface area contributed by atoms with Gasteiger partial charge in [0.2, 0.25) is 0 Å². The highest BCUT2D eigenvalue weighted by molar-refractivity contribution is 8.13. The molecule has 0 aliphatic heterocycles. The molecular weight excluding hydrogens is 383 g/mol. The summed E-state index contributed by atoms with van der Waals surface area (Å²) >= 11 is 1.23. The average Bonchev–Trinajstić information content (AvgIpc) is 2.74. The van der Waals surface area contributed by atoms with E-state index in [2.05, 4.69) is 36.4 Å². The summed E-state index contributed by atoms with van der Waals surface area (Å²) in [6.45, 7) is 1.93. The summed E-state index contributed by atoms with van der Waals surface area (Å²) in [4.78, 5) is 25.2. The lowest BCUT2D eigenvalue weighted by molar-refractivity contribution is -0.121. The second kappa shape index (κ2) is 9.82. The number of thioether (sulfide) groups is 1. The third kappa shape index (κ3) is 4.60. The van der Waals surface area contributed by atoms with E-state index in [0.717, 1.165) is 15.9 Å². The van der Waals surface area contributed by atoms with Crippen LogP contribution in [0.3, 0.4) is 0 Å². The van der Waals surface area contributed by atoms with Crippen LogP contribution in [0.4, 0.5) is 0 Å². The molecule has 3 rings (SSSR count). The normalized spacial score (nSPS) is 11.2. The molecule has 0 amide bonds. The van der Waals surface area contributed by atoms with E-state index in [0.29, 0.717) is 11.9 Å². The highest BCUT2D eigenvalue weighted by Gasteiger charge is 2.47. The van der Waals surface area contributed by atoms with Crippen LogP contribution in [-0.2, 0) is 9.59 Å². The molecule has 2 nitrogen and oxygen atoms in total. The second-order valence-electron chi connectivity index (χ2n) is 6.49. The maximum Gasteiger partial charge on any atom is 0.196 e. The van der Waals surface area contributed by atoms with Crippen molar-refractivity contribution < 1.29 is 9.59 Å². The molecule has 0 atom stereocenters. The molecule has 0 saturated heterocycles. The fraction of sp³-hybridized carbons (Fsp3) is 0.167. The number of rotatable bonds is 8. The minimum Gasteiger partial charge on any atom is -0.295 e. The van der Waals surface area contributed by atoms with E-state index in [1.807, 2.05) is 61.5 Å². The third-order valence-electron chi connectivity index (χ3n) is 4.65. The van der Waals surface area contributed by atoms with Gasteiger partial charge in [-0.2, -0.15) is 0 Å². The number of carbonyl (C=O) groups is 2. The van der Waals surface area contributed by atoms with Crippen molar-refractivity contribution in [3.63, 3.8) is 0 Å². The maximum absolute atomic E-state index is 13.1. The Bertz CT molecular complexity index is 814. The molecule has 0 fully saturated rings. The van der Waals surface area contributed by atoms with Crippen LogP contribution in [0.2, 0.25) is 0 Å². The summed E-state index contributed by atoms with van der Waals surface area (Å²) in [5.41, 5.74) is 0. The number of carbonyl (C=O) groups excluding carboxylic acids is 2. The molecule has 0 aromatic heterocycles. The first kappa shape index (κ1) is 20.5. The number of benzene rings is 3. The average molecular weight is 407 g/mol. The molecule has 0 radical (unpaired) electrons. The van der Waals surface area contributed by atoms with Crippen LogP contribution in [-0.4, -0.2) is 22.8 Å². The molecule has 0 unspecified atom stereocenters. The van der Waals surface area contributed by atoms with Gasteiger partial charge in [0.15, 0.2) is 10.9 Å². The molecule has 3 aromatic carbocycles. The van der Waals surface area contributed by atoms with E-state index in [1.54, 1.807) is 0 Å². The standard InChI is InChI=1S/C24H24O2PS/c1-2-28-24(26)18-20(25)19-27(21-12-6-3-7-13-21,22-14-8-4-9-15-22)23-16-10-5-11-17-23/h3-17H,2,18-19H2,1H3/q+1. The third-order valence-corrected chi connectivity index (χ3v) is 9.77. The first-order valence-corrected chi connectivity index (χ1v) is 12.3. The van der Waals surface area contributed by atoms with Crippen molar-refractivity contribution in [2.75, 3.05) is 11.9 Å². The van der Waals surface area contributed by atoms with Crippen LogP contribution in [0.15, 0.2) is 91.0 Å². The zero-order valence-corrected chi connectivity index (χ0v) is 17.7. The van der Waals surface area contributed by atoms with Crippen molar-refractivity contribution in [3.8, 4) is 0 Å². The van der Waals surface area contributed by atoms with Gasteiger partial charge in [0, 0.05) is 0 Å². The van der Waals surface area contributed by atoms with Crippen LogP contribution in [0.25, 0.3) is 0 Å². The monoisotopic (exact) mass is 407 g/mol. The number of Topliss-reactive ketones (excluding diaryl/α,β-unsaturated/α-hetero) is 1. The molecule has 0 saturated carbocycles. The summed E-state index contributed by atoms with van der Waals surface area (Å²) in [5, 5.41) is 3.45. The van der Waals surface area contributed by atoms with Crippen molar-refractivity contribution >= 4 is 45.8 Å². The van der Waals surface area contributed by atoms with Gasteiger partial charge >= 0.3 is 0 Å². The van der Waals surface area contributed by atoms with Crippen LogP contribution in [0.5, 0.6) is 0 Å². The van der Waals surface area contributed by atoms with Gasteiger partial charge in [-0.05, 0) is 42.2 Å². The SMILES string of the molecule is CCSC(=O)CC(=O)C[P+](c1ccccc1)(c1ccccc1)c1ccccc1. The van der Waals surface area contributed by atoms with Gasteiger partial charge in [-0.25, -0.2) is 0 Å². The van der Waals surface area contributed by atoms with Gasteiger partial charge < -0.3 is 0 Å². The molecular formula is C24H24O2PS+. The zero-order valence-electron chi connectivity index (χ0n) is 16.0. The quantitative estimate of drug-likeness (QED) is 0.414. The fourth-order valence-corrected chi connectivity index (χ4v) is 8.17. The van der Waals surface area contributed by atoms with E-state index in [9.17, 15) is 9.59 Å². The molecule has 0 aliphatic carbocycles. The molecule has 0 aliphatic rings. The Morgan fingerprint density at radius 2 is 1.11 bits per heavy atom. The Morgan fingerprint density at radius 3 is 1.46 bits per heavy atom. The Morgan fingerprint density at radius 1 is 0.714 bits per heavy atom. The van der Waals surface area contributed by atoms with E-state index in [1.165, 1.54) is 11.8 Å². The van der Waals surface area contributed by atoms with E-state index < -0.39 is 7.26 Å². The summed E-state index contributed by atoms with van der Waals surface area (Å²) in [6.07, 6.45) is 0.355. The van der Waals surface area contributed by atoms with Gasteiger partial charge in [-0.1, -0.05) is 73.3 Å². The maximum atomic E-state index is 13.1. The molecule has 0 spiro atoms. The predicted octanol–water partition coefficient (Wildman–Crippen LogP) is 4.22. The Kier molecular flexibility index (Phi) is 7.19. The van der Waals surface area contributed by atoms with Gasteiger partial charge in [-0.15, -0.1) is 0 Å². The van der Waals surface area contributed by atoms with Crippen LogP contribution >= 0.6 is 19.0 Å². The lowest BCUT2D eigenvalue weighted by Crippen LogP contribution is -2.36. The van der Waals surface area contributed by atoms with Crippen molar-refractivity contribution in [2.45, 2.75) is 13.3 Å². The molecule has 28 heavy (non-hydrogen) atoms. The Balaban J connectivity index is 2.14. The minimum absolute atomic E-state index is 0.00719. The zero-order chi connectivity index (χ0) is 19.8. The van der Waals surface area contributed by atoms with Crippen molar-refractivity contribution in [1.29, 1.82) is 0 Å². The van der Waals surface area contributed by atoms with E-state index in [4.69, 9.17) is 0 Å². The molecule has 3 aromatic rings. The van der Waals surface area contributed by atoms with Crippen molar-refractivity contribution in [1.82, 2.24) is 0 Å². The molecule has 142 valence electrons.